The minimum atomic E-state index is -0.580. The maximum absolute atomic E-state index is 12.5. The van der Waals surface area contributed by atoms with Gasteiger partial charge in [-0.15, -0.1) is 0 Å². The molecular weight excluding hydrogens is 340 g/mol. The van der Waals surface area contributed by atoms with Crippen LogP contribution in [0.5, 0.6) is 0 Å². The van der Waals surface area contributed by atoms with Gasteiger partial charge in [0.25, 0.3) is 0 Å². The van der Waals surface area contributed by atoms with Gasteiger partial charge in [-0.1, -0.05) is 56.2 Å². The maximum Gasteiger partial charge on any atom is 0.338 e. The molecule has 0 radical (unpaired) electrons. The number of unbranched alkanes of at least 4 members (excludes halogenated alkanes) is 4. The average molecular weight is 368 g/mol. The Labute approximate surface area is 161 Å². The van der Waals surface area contributed by atoms with Gasteiger partial charge in [-0.3, -0.25) is 0 Å². The Bertz CT molecular complexity index is 771. The zero-order chi connectivity index (χ0) is 19.6. The van der Waals surface area contributed by atoms with Gasteiger partial charge in [-0.2, -0.15) is 0 Å². The van der Waals surface area contributed by atoms with E-state index in [1.807, 2.05) is 24.3 Å². The smallest absolute Gasteiger partial charge is 0.338 e. The van der Waals surface area contributed by atoms with Gasteiger partial charge in [0, 0.05) is 17.7 Å². The number of ether oxygens (including phenoxy) is 1. The van der Waals surface area contributed by atoms with Crippen molar-refractivity contribution in [3.8, 4) is 11.8 Å². The zero-order valence-electron chi connectivity index (χ0n) is 16.4. The van der Waals surface area contributed by atoms with Crippen molar-refractivity contribution in [1.82, 2.24) is 10.6 Å². The van der Waals surface area contributed by atoms with Crippen LogP contribution in [0.2, 0.25) is 0 Å². The van der Waals surface area contributed by atoms with E-state index >= 15 is 0 Å². The number of allylic oxidation sites excluding steroid dienone is 1. The Morgan fingerprint density at radius 2 is 1.96 bits per heavy atom. The van der Waals surface area contributed by atoms with Gasteiger partial charge in [0.05, 0.1) is 18.2 Å². The van der Waals surface area contributed by atoms with Gasteiger partial charge in [-0.05, 0) is 31.9 Å². The van der Waals surface area contributed by atoms with Crippen molar-refractivity contribution in [2.24, 2.45) is 0 Å². The van der Waals surface area contributed by atoms with E-state index < -0.39 is 12.0 Å². The maximum atomic E-state index is 12.5. The zero-order valence-corrected chi connectivity index (χ0v) is 16.4. The molecule has 1 aliphatic heterocycles. The van der Waals surface area contributed by atoms with Crippen molar-refractivity contribution in [2.75, 3.05) is 6.61 Å². The summed E-state index contributed by atoms with van der Waals surface area (Å²) in [6.07, 6.45) is 5.54. The first-order valence-corrected chi connectivity index (χ1v) is 9.61. The highest BCUT2D eigenvalue weighted by molar-refractivity contribution is 5.95. The van der Waals surface area contributed by atoms with Crippen molar-refractivity contribution in [2.45, 2.75) is 58.9 Å². The quantitative estimate of drug-likeness (QED) is 0.431. The monoisotopic (exact) mass is 368 g/mol. The first-order chi connectivity index (χ1) is 13.1. The molecule has 0 bridgehead atoms. The molecule has 0 aromatic heterocycles. The molecule has 2 rings (SSSR count). The normalized spacial score (nSPS) is 16.1. The van der Waals surface area contributed by atoms with E-state index in [1.54, 1.807) is 13.8 Å². The van der Waals surface area contributed by atoms with Crippen molar-refractivity contribution in [3.63, 3.8) is 0 Å². The third-order valence-corrected chi connectivity index (χ3v) is 4.41. The first kappa shape index (κ1) is 20.6. The van der Waals surface area contributed by atoms with E-state index in [0.29, 0.717) is 11.3 Å². The predicted octanol–water partition coefficient (Wildman–Crippen LogP) is 4.20. The Morgan fingerprint density at radius 3 is 2.70 bits per heavy atom. The highest BCUT2D eigenvalue weighted by Crippen LogP contribution is 2.29. The molecule has 0 saturated heterocycles. The molecule has 2 amide bonds. The predicted molar refractivity (Wildman–Crippen MR) is 106 cm³/mol. The number of esters is 1. The molecule has 1 heterocycles. The molecule has 0 saturated carbocycles. The summed E-state index contributed by atoms with van der Waals surface area (Å²) in [5.41, 5.74) is 2.53. The fourth-order valence-corrected chi connectivity index (χ4v) is 3.07. The Balaban J connectivity index is 2.30. The summed E-state index contributed by atoms with van der Waals surface area (Å²) in [4.78, 5) is 24.5. The van der Waals surface area contributed by atoms with Crippen molar-refractivity contribution in [3.05, 3.63) is 46.7 Å². The summed E-state index contributed by atoms with van der Waals surface area (Å²) < 4.78 is 5.19. The van der Waals surface area contributed by atoms with Crippen molar-refractivity contribution in [1.29, 1.82) is 0 Å². The van der Waals surface area contributed by atoms with Gasteiger partial charge >= 0.3 is 12.0 Å². The minimum Gasteiger partial charge on any atom is -0.463 e. The van der Waals surface area contributed by atoms with Gasteiger partial charge in [0.15, 0.2) is 0 Å². The van der Waals surface area contributed by atoms with Gasteiger partial charge < -0.3 is 15.4 Å². The molecule has 0 fully saturated rings. The largest absolute Gasteiger partial charge is 0.463 e. The van der Waals surface area contributed by atoms with Crippen LogP contribution in [0.1, 0.15) is 70.0 Å². The molecule has 1 atom stereocenters. The molecule has 1 aromatic rings. The third-order valence-electron chi connectivity index (χ3n) is 4.41. The molecule has 1 unspecified atom stereocenters. The minimum absolute atomic E-state index is 0.273. The van der Waals surface area contributed by atoms with E-state index in [1.165, 1.54) is 19.3 Å². The SMILES string of the molecule is CCCCCCC#Cc1ccccc1C1NC(=O)NC(C)=C1C(=O)OCC. The van der Waals surface area contributed by atoms with Gasteiger partial charge in [-0.25, -0.2) is 9.59 Å². The standard InChI is InChI=1S/C22H28N2O3/c1-4-6-7-8-9-10-13-17-14-11-12-15-18(17)20-19(21(25)27-5-2)16(3)23-22(26)24-20/h11-12,14-15,20H,4-9H2,1-3H3,(H2,23,24,26). The van der Waals surface area contributed by atoms with Crippen LogP contribution >= 0.6 is 0 Å². The fourth-order valence-electron chi connectivity index (χ4n) is 3.07. The van der Waals surface area contributed by atoms with E-state index in [-0.39, 0.29) is 12.6 Å². The fraction of sp³-hybridized carbons (Fsp3) is 0.455. The Morgan fingerprint density at radius 1 is 1.19 bits per heavy atom. The second kappa shape index (κ2) is 10.4. The Kier molecular flexibility index (Phi) is 7.94. The first-order valence-electron chi connectivity index (χ1n) is 9.61. The van der Waals surface area contributed by atoms with Crippen LogP contribution in [0.3, 0.4) is 0 Å². The number of benzene rings is 1. The number of nitrogens with one attached hydrogen (secondary N) is 2. The summed E-state index contributed by atoms with van der Waals surface area (Å²) in [5.74, 6) is 6.00. The van der Waals surface area contributed by atoms with E-state index in [9.17, 15) is 9.59 Å². The van der Waals surface area contributed by atoms with Crippen LogP contribution < -0.4 is 10.6 Å². The van der Waals surface area contributed by atoms with E-state index in [0.717, 1.165) is 24.0 Å². The van der Waals surface area contributed by atoms with Crippen molar-refractivity contribution < 1.29 is 14.3 Å². The number of hydrogen-bond donors (Lipinski definition) is 2. The lowest BCUT2D eigenvalue weighted by Crippen LogP contribution is -2.45. The van der Waals surface area contributed by atoms with E-state index in [2.05, 4.69) is 29.4 Å². The molecule has 0 spiro atoms. The van der Waals surface area contributed by atoms with E-state index in [4.69, 9.17) is 4.74 Å². The van der Waals surface area contributed by atoms with Crippen LogP contribution in [0.4, 0.5) is 4.79 Å². The summed E-state index contributed by atoms with van der Waals surface area (Å²) >= 11 is 0. The number of carbonyl (C=O) groups is 2. The van der Waals surface area contributed by atoms with Crippen molar-refractivity contribution >= 4 is 12.0 Å². The lowest BCUT2D eigenvalue weighted by atomic mass is 9.92. The molecule has 27 heavy (non-hydrogen) atoms. The summed E-state index contributed by atoms with van der Waals surface area (Å²) in [6, 6.07) is 6.68. The molecule has 5 nitrogen and oxygen atoms in total. The number of carbonyl (C=O) groups excluding carboxylic acids is 2. The summed E-state index contributed by atoms with van der Waals surface area (Å²) in [6.45, 7) is 5.93. The molecule has 1 aliphatic rings. The molecule has 1 aromatic carbocycles. The van der Waals surface area contributed by atoms with Gasteiger partial charge in [0.2, 0.25) is 0 Å². The molecule has 2 N–H and O–H groups in total. The van der Waals surface area contributed by atoms with Crippen LogP contribution in [0.25, 0.3) is 0 Å². The number of amides is 2. The second-order valence-electron chi connectivity index (χ2n) is 6.49. The van der Waals surface area contributed by atoms with Crippen LogP contribution in [0, 0.1) is 11.8 Å². The lowest BCUT2D eigenvalue weighted by Gasteiger charge is -2.28. The highest BCUT2D eigenvalue weighted by Gasteiger charge is 2.33. The number of rotatable bonds is 7. The summed E-state index contributed by atoms with van der Waals surface area (Å²) in [5, 5.41) is 5.49. The summed E-state index contributed by atoms with van der Waals surface area (Å²) in [7, 11) is 0. The molecule has 144 valence electrons. The topological polar surface area (TPSA) is 67.4 Å². The second-order valence-corrected chi connectivity index (χ2v) is 6.49. The lowest BCUT2D eigenvalue weighted by molar-refractivity contribution is -0.139. The number of hydrogen-bond acceptors (Lipinski definition) is 3. The molecule has 0 aliphatic carbocycles. The van der Waals surface area contributed by atoms with Crippen LogP contribution in [0.15, 0.2) is 35.5 Å². The average Bonchev–Trinajstić information content (AvgIpc) is 2.64. The number of urea groups is 1. The van der Waals surface area contributed by atoms with Crippen LogP contribution in [-0.2, 0) is 9.53 Å². The molecular formula is C22H28N2O3. The third kappa shape index (κ3) is 5.62. The molecule has 5 heteroatoms. The van der Waals surface area contributed by atoms with Crippen LogP contribution in [-0.4, -0.2) is 18.6 Å². The highest BCUT2D eigenvalue weighted by atomic mass is 16.5. The Hall–Kier alpha value is -2.74. The van der Waals surface area contributed by atoms with Gasteiger partial charge in [0.1, 0.15) is 0 Å².